The van der Waals surface area contributed by atoms with Gasteiger partial charge in [-0.25, -0.2) is 9.19 Å². The topological polar surface area (TPSA) is 108 Å². The van der Waals surface area contributed by atoms with Crippen LogP contribution in [0.25, 0.3) is 11.3 Å². The van der Waals surface area contributed by atoms with Crippen molar-refractivity contribution in [1.29, 1.82) is 0 Å². The highest BCUT2D eigenvalue weighted by Gasteiger charge is 2.21. The van der Waals surface area contributed by atoms with E-state index in [4.69, 9.17) is 16.6 Å². The van der Waals surface area contributed by atoms with Gasteiger partial charge in [-0.3, -0.25) is 13.7 Å². The monoisotopic (exact) mass is 622 g/mol. The number of anilines is 1. The summed E-state index contributed by atoms with van der Waals surface area (Å²) in [6.07, 6.45) is 3.48. The van der Waals surface area contributed by atoms with Crippen LogP contribution in [0.1, 0.15) is 54.5 Å². The second-order valence-electron chi connectivity index (χ2n) is 11.6. The first kappa shape index (κ1) is 32.4. The number of hydrogen-bond acceptors (Lipinski definition) is 4. The van der Waals surface area contributed by atoms with Crippen LogP contribution in [0.5, 0.6) is 0 Å². The van der Waals surface area contributed by atoms with Crippen molar-refractivity contribution in [2.75, 3.05) is 17.5 Å². The molecule has 43 heavy (non-hydrogen) atoms. The van der Waals surface area contributed by atoms with Crippen molar-refractivity contribution in [2.45, 2.75) is 51.5 Å². The average Bonchev–Trinajstić information content (AvgIpc) is 3.37. The van der Waals surface area contributed by atoms with E-state index in [1.807, 2.05) is 55.7 Å². The van der Waals surface area contributed by atoms with Gasteiger partial charge in [0.1, 0.15) is 5.82 Å². The van der Waals surface area contributed by atoms with Crippen molar-refractivity contribution >= 4 is 34.5 Å². The summed E-state index contributed by atoms with van der Waals surface area (Å²) in [4.78, 5) is 17.9. The Morgan fingerprint density at radius 3 is 2.33 bits per heavy atom. The van der Waals surface area contributed by atoms with Crippen LogP contribution in [0, 0.1) is 0 Å². The number of aromatic nitrogens is 2. The molecule has 0 fully saturated rings. The van der Waals surface area contributed by atoms with Gasteiger partial charge in [-0.15, -0.1) is 0 Å². The van der Waals surface area contributed by atoms with Gasteiger partial charge in [0.2, 0.25) is 0 Å². The fraction of sp³-hybridized carbons (Fsp3) is 0.333. The zero-order valence-corrected chi connectivity index (χ0v) is 26.5. The zero-order chi connectivity index (χ0) is 31.1. The molecule has 0 aliphatic rings. The summed E-state index contributed by atoms with van der Waals surface area (Å²) >= 11 is 3.99. The van der Waals surface area contributed by atoms with E-state index < -0.39 is 11.3 Å². The lowest BCUT2D eigenvalue weighted by Crippen LogP contribution is -2.37. The highest BCUT2D eigenvalue weighted by Crippen LogP contribution is 2.26. The van der Waals surface area contributed by atoms with Crippen LogP contribution in [0.3, 0.4) is 0 Å². The van der Waals surface area contributed by atoms with E-state index in [1.165, 1.54) is 4.31 Å². The van der Waals surface area contributed by atoms with Gasteiger partial charge in [-0.2, -0.15) is 0 Å². The van der Waals surface area contributed by atoms with Gasteiger partial charge in [0.15, 0.2) is 0 Å². The molecular formula is C33H39ClN4O4S. The lowest BCUT2D eigenvalue weighted by molar-refractivity contribution is 0.0930. The number of aryl methyl sites for hydroxylation is 1. The van der Waals surface area contributed by atoms with Crippen LogP contribution < -0.4 is 9.62 Å². The van der Waals surface area contributed by atoms with Gasteiger partial charge in [0, 0.05) is 54.0 Å². The van der Waals surface area contributed by atoms with Crippen molar-refractivity contribution in [1.82, 2.24) is 14.9 Å². The first-order chi connectivity index (χ1) is 20.5. The molecule has 1 heterocycles. The van der Waals surface area contributed by atoms with E-state index in [0.717, 1.165) is 28.2 Å². The van der Waals surface area contributed by atoms with Crippen molar-refractivity contribution < 1.29 is 18.7 Å². The zero-order valence-electron chi connectivity index (χ0n) is 25.0. The summed E-state index contributed by atoms with van der Waals surface area (Å²) in [6.45, 7) is 6.63. The Hall–Kier alpha value is -3.50. The van der Waals surface area contributed by atoms with E-state index in [2.05, 4.69) is 30.7 Å². The summed E-state index contributed by atoms with van der Waals surface area (Å²) in [5, 5.41) is 13.3. The summed E-state index contributed by atoms with van der Waals surface area (Å²) in [5.41, 5.74) is 4.71. The van der Waals surface area contributed by atoms with E-state index in [9.17, 15) is 18.7 Å². The highest BCUT2D eigenvalue weighted by molar-refractivity contribution is 7.80. The fourth-order valence-electron chi connectivity index (χ4n) is 5.05. The Morgan fingerprint density at radius 2 is 1.74 bits per heavy atom. The van der Waals surface area contributed by atoms with Crippen LogP contribution in [-0.2, 0) is 36.6 Å². The quantitative estimate of drug-likeness (QED) is 0.169. The maximum Gasteiger partial charge on any atom is 0.261 e. The minimum Gasteiger partial charge on any atom is -0.396 e. The molecule has 4 rings (SSSR count). The molecular weight excluding hydrogens is 584 g/mol. The molecule has 0 spiro atoms. The molecule has 8 nitrogen and oxygen atoms in total. The minimum absolute atomic E-state index is 0.0584. The van der Waals surface area contributed by atoms with Crippen molar-refractivity contribution in [3.8, 4) is 11.3 Å². The number of nitrogens with one attached hydrogen (secondary N) is 1. The predicted molar refractivity (Wildman–Crippen MR) is 174 cm³/mol. The van der Waals surface area contributed by atoms with Gasteiger partial charge in [0.25, 0.3) is 17.2 Å². The number of amides is 1. The third-order valence-corrected chi connectivity index (χ3v) is 8.38. The third-order valence-electron chi connectivity index (χ3n) is 7.24. The van der Waals surface area contributed by atoms with Crippen LogP contribution in [0.2, 0.25) is 5.02 Å². The van der Waals surface area contributed by atoms with Crippen LogP contribution in [-0.4, -0.2) is 48.5 Å². The normalized spacial score (nSPS) is 13.0. The molecule has 10 heteroatoms. The number of halogens is 1. The number of imidazole rings is 1. The Morgan fingerprint density at radius 1 is 1.07 bits per heavy atom. The van der Waals surface area contributed by atoms with Crippen molar-refractivity contribution in [3.63, 3.8) is 0 Å². The molecule has 228 valence electrons. The highest BCUT2D eigenvalue weighted by atomic mass is 35.5. The molecule has 0 saturated carbocycles. The fourth-order valence-corrected chi connectivity index (χ4v) is 5.83. The third kappa shape index (κ3) is 8.54. The number of carbonyl (C=O) groups is 1. The first-order valence-electron chi connectivity index (χ1n) is 14.2. The molecule has 0 aliphatic heterocycles. The number of benzene rings is 3. The van der Waals surface area contributed by atoms with Gasteiger partial charge >= 0.3 is 0 Å². The summed E-state index contributed by atoms with van der Waals surface area (Å²) in [5.74, 6) is 0.734. The summed E-state index contributed by atoms with van der Waals surface area (Å²) in [6, 6.07) is 21.8. The number of carbonyl (C=O) groups excluding carboxylic acids is 1. The molecule has 2 atom stereocenters. The van der Waals surface area contributed by atoms with Crippen LogP contribution in [0.15, 0.2) is 79.0 Å². The largest absolute Gasteiger partial charge is 0.396 e. The molecule has 0 radical (unpaired) electrons. The Balaban J connectivity index is 1.39. The van der Waals surface area contributed by atoms with Gasteiger partial charge in [-0.1, -0.05) is 74.8 Å². The van der Waals surface area contributed by atoms with Crippen molar-refractivity contribution in [2.24, 2.45) is 7.05 Å². The molecule has 1 amide bonds. The van der Waals surface area contributed by atoms with E-state index >= 15 is 0 Å². The van der Waals surface area contributed by atoms with E-state index in [-0.39, 0.29) is 30.5 Å². The molecule has 3 N–H and O–H groups in total. The van der Waals surface area contributed by atoms with Gasteiger partial charge in [-0.05, 0) is 60.7 Å². The smallest absolute Gasteiger partial charge is 0.261 e. The van der Waals surface area contributed by atoms with Crippen molar-refractivity contribution in [3.05, 3.63) is 107 Å². The molecule has 4 aromatic rings. The molecule has 0 aliphatic carbocycles. The van der Waals surface area contributed by atoms with Crippen LogP contribution in [0.4, 0.5) is 5.69 Å². The lowest BCUT2D eigenvalue weighted by atomic mass is 9.96. The number of aliphatic hydroxyl groups excluding tert-OH is 1. The standard InChI is InChI=1S/C33H39ClN4O4S/c1-33(2,3)32-36-30(22-37(32)4)25-11-9-23(10-12-25)21-27(18-20-39)35-31(40)26-13-15-28(16-14-26)38(43(41)42)19-17-24-7-5-6-8-29(24)34/h5-16,22,27,39H,17-21H2,1-4H3,(H,35,40)(H,41,42). The Bertz CT molecular complexity index is 1550. The number of rotatable bonds is 12. The maximum absolute atomic E-state index is 13.1. The molecule has 0 bridgehead atoms. The van der Waals surface area contributed by atoms with Crippen LogP contribution >= 0.6 is 11.6 Å². The summed E-state index contributed by atoms with van der Waals surface area (Å²) < 4.78 is 25.4. The van der Waals surface area contributed by atoms with Gasteiger partial charge < -0.3 is 15.0 Å². The minimum atomic E-state index is -2.25. The average molecular weight is 623 g/mol. The first-order valence-corrected chi connectivity index (χ1v) is 15.7. The second-order valence-corrected chi connectivity index (χ2v) is 12.9. The van der Waals surface area contributed by atoms with E-state index in [0.29, 0.717) is 35.5 Å². The molecule has 1 aromatic heterocycles. The Kier molecular flexibility index (Phi) is 10.8. The number of hydrogen-bond donors (Lipinski definition) is 3. The molecule has 3 aromatic carbocycles. The van der Waals surface area contributed by atoms with E-state index in [1.54, 1.807) is 30.3 Å². The maximum atomic E-state index is 13.1. The number of aliphatic hydroxyl groups is 1. The SMILES string of the molecule is Cn1cc(-c2ccc(CC(CCO)NC(=O)c3ccc(N(CCc4ccccc4Cl)S(=O)O)cc3)cc2)nc1C(C)(C)C. The molecule has 2 unspecified atom stereocenters. The summed E-state index contributed by atoms with van der Waals surface area (Å²) in [7, 11) is 2.01. The second kappa shape index (κ2) is 14.3. The Labute approximate surface area is 261 Å². The van der Waals surface area contributed by atoms with Gasteiger partial charge in [0.05, 0.1) is 11.4 Å². The predicted octanol–water partition coefficient (Wildman–Crippen LogP) is 5.95. The molecule has 0 saturated heterocycles. The number of nitrogens with zero attached hydrogens (tertiary/aromatic N) is 3. The lowest BCUT2D eigenvalue weighted by Gasteiger charge is -2.21.